The van der Waals surface area contributed by atoms with Crippen molar-refractivity contribution in [2.24, 2.45) is 0 Å². The molecule has 1 N–H and O–H groups in total. The fourth-order valence-electron chi connectivity index (χ4n) is 2.64. The summed E-state index contributed by atoms with van der Waals surface area (Å²) >= 11 is 1.81. The molecule has 1 aliphatic heterocycles. The van der Waals surface area contributed by atoms with Crippen LogP contribution in [0.1, 0.15) is 11.6 Å². The maximum Gasteiger partial charge on any atom is 0.157 e. The van der Waals surface area contributed by atoms with E-state index in [1.54, 1.807) is 18.9 Å². The van der Waals surface area contributed by atoms with Crippen molar-refractivity contribution in [3.8, 4) is 11.4 Å². The zero-order valence-electron chi connectivity index (χ0n) is 12.7. The van der Waals surface area contributed by atoms with Crippen molar-refractivity contribution >= 4 is 17.4 Å². The molecule has 0 unspecified atom stereocenters. The van der Waals surface area contributed by atoms with E-state index in [0.717, 1.165) is 34.5 Å². The smallest absolute Gasteiger partial charge is 0.157 e. The highest BCUT2D eigenvalue weighted by Gasteiger charge is 2.21. The fourth-order valence-corrected chi connectivity index (χ4v) is 3.59. The number of ether oxygens (including phenoxy) is 1. The van der Waals surface area contributed by atoms with Gasteiger partial charge in [-0.15, -0.1) is 22.0 Å². The summed E-state index contributed by atoms with van der Waals surface area (Å²) in [6, 6.07) is 16.2. The second kappa shape index (κ2) is 5.96. The highest BCUT2D eigenvalue weighted by molar-refractivity contribution is 7.98. The number of hydrogen-bond acceptors (Lipinski definition) is 5. The first-order valence-electron chi connectivity index (χ1n) is 7.38. The lowest BCUT2D eigenvalue weighted by Crippen LogP contribution is -2.12. The molecule has 0 saturated carbocycles. The summed E-state index contributed by atoms with van der Waals surface area (Å²) in [5.41, 5.74) is 2.19. The molecular weight excluding hydrogens is 308 g/mol. The van der Waals surface area contributed by atoms with Gasteiger partial charge < -0.3 is 10.1 Å². The number of thioether (sulfide) groups is 1. The minimum Gasteiger partial charge on any atom is -0.497 e. The van der Waals surface area contributed by atoms with Crippen molar-refractivity contribution < 1.29 is 4.74 Å². The lowest BCUT2D eigenvalue weighted by atomic mass is 10.3. The van der Waals surface area contributed by atoms with Crippen LogP contribution in [0, 0.1) is 0 Å². The van der Waals surface area contributed by atoms with E-state index in [2.05, 4.69) is 44.3 Å². The van der Waals surface area contributed by atoms with Gasteiger partial charge in [0.05, 0.1) is 25.1 Å². The number of methoxy groups -OCH3 is 1. The van der Waals surface area contributed by atoms with Crippen molar-refractivity contribution in [2.45, 2.75) is 17.2 Å². The Morgan fingerprint density at radius 2 is 1.96 bits per heavy atom. The van der Waals surface area contributed by atoms with Crippen LogP contribution in [-0.2, 0) is 12.3 Å². The van der Waals surface area contributed by atoms with Crippen LogP contribution in [0.2, 0.25) is 0 Å². The average molecular weight is 324 g/mol. The second-order valence-corrected chi connectivity index (χ2v) is 6.22. The van der Waals surface area contributed by atoms with Crippen LogP contribution in [0.4, 0.5) is 5.69 Å². The summed E-state index contributed by atoms with van der Waals surface area (Å²) in [5, 5.41) is 12.1. The maximum absolute atomic E-state index is 5.18. The molecule has 116 valence electrons. The molecular formula is C17H16N4OS. The van der Waals surface area contributed by atoms with Crippen LogP contribution >= 0.6 is 11.8 Å². The molecule has 5 nitrogen and oxygen atoms in total. The second-order valence-electron chi connectivity index (χ2n) is 5.21. The van der Waals surface area contributed by atoms with E-state index >= 15 is 0 Å². The molecule has 1 aliphatic rings. The van der Waals surface area contributed by atoms with Gasteiger partial charge in [0.15, 0.2) is 5.82 Å². The number of para-hydroxylation sites is 1. The third kappa shape index (κ3) is 2.66. The lowest BCUT2D eigenvalue weighted by Gasteiger charge is -2.19. The molecule has 0 bridgehead atoms. The largest absolute Gasteiger partial charge is 0.497 e. The normalized spacial score (nSPS) is 12.4. The highest BCUT2D eigenvalue weighted by atomic mass is 32.2. The Kier molecular flexibility index (Phi) is 3.67. The van der Waals surface area contributed by atoms with Gasteiger partial charge in [0.25, 0.3) is 0 Å². The fraction of sp³-hybridized carbons (Fsp3) is 0.176. The third-order valence-electron chi connectivity index (χ3n) is 3.80. The van der Waals surface area contributed by atoms with Crippen molar-refractivity contribution in [3.63, 3.8) is 0 Å². The summed E-state index contributed by atoms with van der Waals surface area (Å²) in [6.07, 6.45) is 0. The zero-order valence-corrected chi connectivity index (χ0v) is 13.5. The summed E-state index contributed by atoms with van der Waals surface area (Å²) in [5.74, 6) is 3.62. The topological polar surface area (TPSA) is 52.0 Å². The van der Waals surface area contributed by atoms with Crippen LogP contribution in [-0.4, -0.2) is 21.9 Å². The van der Waals surface area contributed by atoms with Crippen molar-refractivity contribution in [3.05, 3.63) is 60.2 Å². The van der Waals surface area contributed by atoms with Gasteiger partial charge in [-0.1, -0.05) is 12.1 Å². The molecule has 1 aromatic heterocycles. The van der Waals surface area contributed by atoms with Gasteiger partial charge in [0.2, 0.25) is 0 Å². The molecule has 0 aliphatic carbocycles. The van der Waals surface area contributed by atoms with Gasteiger partial charge in [-0.2, -0.15) is 0 Å². The summed E-state index contributed by atoms with van der Waals surface area (Å²) < 4.78 is 7.33. The molecule has 0 spiro atoms. The van der Waals surface area contributed by atoms with Gasteiger partial charge in [0.1, 0.15) is 11.6 Å². The molecule has 23 heavy (non-hydrogen) atoms. The Bertz CT molecular complexity index is 829. The Balaban J connectivity index is 1.58. The van der Waals surface area contributed by atoms with Crippen molar-refractivity contribution in [1.82, 2.24) is 14.8 Å². The number of fused-ring (bicyclic) bond motifs is 3. The molecule has 3 aromatic rings. The SMILES string of the molecule is COc1ccc(NCc2nnc3n2-c2ccccc2SC3)cc1. The first-order chi connectivity index (χ1) is 11.3. The first-order valence-corrected chi connectivity index (χ1v) is 8.37. The van der Waals surface area contributed by atoms with Gasteiger partial charge in [-0.3, -0.25) is 4.57 Å². The minimum atomic E-state index is 0.623. The van der Waals surface area contributed by atoms with E-state index in [4.69, 9.17) is 4.74 Å². The average Bonchev–Trinajstić information content (AvgIpc) is 3.04. The molecule has 0 fully saturated rings. The first kappa shape index (κ1) is 14.1. The number of rotatable bonds is 4. The third-order valence-corrected chi connectivity index (χ3v) is 4.86. The molecule has 0 saturated heterocycles. The number of nitrogens with one attached hydrogen (secondary N) is 1. The molecule has 2 aromatic carbocycles. The minimum absolute atomic E-state index is 0.623. The van der Waals surface area contributed by atoms with E-state index in [0.29, 0.717) is 6.54 Å². The van der Waals surface area contributed by atoms with E-state index in [1.807, 2.05) is 24.3 Å². The van der Waals surface area contributed by atoms with E-state index < -0.39 is 0 Å². The summed E-state index contributed by atoms with van der Waals surface area (Å²) in [7, 11) is 1.67. The summed E-state index contributed by atoms with van der Waals surface area (Å²) in [4.78, 5) is 1.27. The molecule has 6 heteroatoms. The Morgan fingerprint density at radius 1 is 1.13 bits per heavy atom. The monoisotopic (exact) mass is 324 g/mol. The van der Waals surface area contributed by atoms with Crippen molar-refractivity contribution in [2.75, 3.05) is 12.4 Å². The molecule has 0 atom stereocenters. The van der Waals surface area contributed by atoms with Crippen LogP contribution in [0.5, 0.6) is 5.75 Å². The van der Waals surface area contributed by atoms with Gasteiger partial charge in [0, 0.05) is 10.6 Å². The highest BCUT2D eigenvalue weighted by Crippen LogP contribution is 2.34. The number of nitrogens with zero attached hydrogens (tertiary/aromatic N) is 3. The van der Waals surface area contributed by atoms with Crippen LogP contribution < -0.4 is 10.1 Å². The van der Waals surface area contributed by atoms with Crippen LogP contribution in [0.25, 0.3) is 5.69 Å². The van der Waals surface area contributed by atoms with E-state index in [9.17, 15) is 0 Å². The zero-order chi connectivity index (χ0) is 15.6. The Labute approximate surface area is 138 Å². The predicted molar refractivity (Wildman–Crippen MR) is 91.2 cm³/mol. The van der Waals surface area contributed by atoms with Crippen LogP contribution in [0.15, 0.2) is 53.4 Å². The van der Waals surface area contributed by atoms with Crippen molar-refractivity contribution in [1.29, 1.82) is 0 Å². The predicted octanol–water partition coefficient (Wildman–Crippen LogP) is 3.49. The number of aromatic nitrogens is 3. The van der Waals surface area contributed by atoms with Gasteiger partial charge >= 0.3 is 0 Å². The van der Waals surface area contributed by atoms with Crippen LogP contribution in [0.3, 0.4) is 0 Å². The molecule has 4 rings (SSSR count). The maximum atomic E-state index is 5.18. The van der Waals surface area contributed by atoms with E-state index in [-0.39, 0.29) is 0 Å². The standard InChI is InChI=1S/C17H16N4OS/c1-22-13-8-6-12(7-9-13)18-10-16-19-20-17-11-23-15-5-3-2-4-14(15)21(16)17/h2-9,18H,10-11H2,1H3. The Hall–Kier alpha value is -2.47. The quantitative estimate of drug-likeness (QED) is 0.796. The molecule has 2 heterocycles. The van der Waals surface area contributed by atoms with E-state index in [1.165, 1.54) is 4.90 Å². The Morgan fingerprint density at radius 3 is 2.78 bits per heavy atom. The molecule has 0 amide bonds. The number of anilines is 1. The molecule has 0 radical (unpaired) electrons. The van der Waals surface area contributed by atoms with Gasteiger partial charge in [-0.05, 0) is 36.4 Å². The van der Waals surface area contributed by atoms with Gasteiger partial charge in [-0.25, -0.2) is 0 Å². The lowest BCUT2D eigenvalue weighted by molar-refractivity contribution is 0.415. The number of benzene rings is 2. The number of hydrogen-bond donors (Lipinski definition) is 1. The summed E-state index contributed by atoms with van der Waals surface area (Å²) in [6.45, 7) is 0.623.